The van der Waals surface area contributed by atoms with Crippen LogP contribution in [-0.2, 0) is 4.74 Å². The molecule has 1 atom stereocenters. The van der Waals surface area contributed by atoms with Crippen molar-refractivity contribution in [3.05, 3.63) is 23.8 Å². The van der Waals surface area contributed by atoms with E-state index in [-0.39, 0.29) is 6.04 Å². The lowest BCUT2D eigenvalue weighted by Crippen LogP contribution is -2.19. The van der Waals surface area contributed by atoms with Crippen molar-refractivity contribution < 1.29 is 14.2 Å². The fourth-order valence-electron chi connectivity index (χ4n) is 2.10. The zero-order valence-corrected chi connectivity index (χ0v) is 13.4. The third-order valence-corrected chi connectivity index (χ3v) is 3.49. The van der Waals surface area contributed by atoms with Gasteiger partial charge in [0, 0.05) is 13.0 Å². The highest BCUT2D eigenvalue weighted by Gasteiger charge is 2.15. The number of ether oxygens (including phenoxy) is 3. The Labute approximate surface area is 127 Å². The van der Waals surface area contributed by atoms with Crippen LogP contribution in [0, 0.1) is 5.41 Å². The number of hydrogen-bond acceptors (Lipinski definition) is 4. The average Bonchev–Trinajstić information content (AvgIpc) is 2.66. The van der Waals surface area contributed by atoms with Crippen molar-refractivity contribution in [1.82, 2.24) is 0 Å². The van der Waals surface area contributed by atoms with Crippen LogP contribution in [0.4, 0.5) is 0 Å². The van der Waals surface area contributed by atoms with E-state index in [9.17, 15) is 0 Å². The van der Waals surface area contributed by atoms with Gasteiger partial charge in [-0.2, -0.15) is 0 Å². The summed E-state index contributed by atoms with van der Waals surface area (Å²) in [5.74, 6) is 1.59. The van der Waals surface area contributed by atoms with Crippen LogP contribution in [0.5, 0.6) is 11.5 Å². The van der Waals surface area contributed by atoms with E-state index >= 15 is 0 Å². The molecule has 118 valence electrons. The molecule has 1 aromatic rings. The van der Waals surface area contributed by atoms with Gasteiger partial charge in [0.1, 0.15) is 0 Å². The molecule has 0 saturated heterocycles. The van der Waals surface area contributed by atoms with Gasteiger partial charge in [-0.3, -0.25) is 0 Å². The maximum atomic E-state index is 6.20. The lowest BCUT2D eigenvalue weighted by Gasteiger charge is -2.19. The Bertz CT molecular complexity index is 454. The van der Waals surface area contributed by atoms with Crippen LogP contribution in [-0.4, -0.2) is 26.4 Å². The summed E-state index contributed by atoms with van der Waals surface area (Å²) in [4.78, 5) is 0. The highest BCUT2D eigenvalue weighted by atomic mass is 16.5. The van der Waals surface area contributed by atoms with Gasteiger partial charge in [0.25, 0.3) is 0 Å². The molecular weight excluding hydrogens is 266 g/mol. The Kier molecular flexibility index (Phi) is 5.48. The predicted molar refractivity (Wildman–Crippen MR) is 83.9 cm³/mol. The van der Waals surface area contributed by atoms with Crippen LogP contribution in [0.2, 0.25) is 0 Å². The summed E-state index contributed by atoms with van der Waals surface area (Å²) >= 11 is 0. The molecule has 1 aromatic carbocycles. The minimum atomic E-state index is -0.137. The first-order valence-corrected chi connectivity index (χ1v) is 7.68. The van der Waals surface area contributed by atoms with Crippen molar-refractivity contribution in [1.29, 1.82) is 0 Å². The molecule has 1 aliphatic heterocycles. The molecule has 21 heavy (non-hydrogen) atoms. The van der Waals surface area contributed by atoms with Gasteiger partial charge in [-0.25, -0.2) is 0 Å². The summed E-state index contributed by atoms with van der Waals surface area (Å²) in [6, 6.07) is 5.76. The van der Waals surface area contributed by atoms with E-state index in [2.05, 4.69) is 20.8 Å². The first kappa shape index (κ1) is 16.1. The number of fused-ring (bicyclic) bond motifs is 1. The predicted octanol–water partition coefficient (Wildman–Crippen LogP) is 3.30. The minimum Gasteiger partial charge on any atom is -0.490 e. The van der Waals surface area contributed by atoms with Crippen molar-refractivity contribution in [3.63, 3.8) is 0 Å². The van der Waals surface area contributed by atoms with Crippen molar-refractivity contribution in [2.24, 2.45) is 11.1 Å². The van der Waals surface area contributed by atoms with Crippen LogP contribution < -0.4 is 15.2 Å². The molecule has 1 unspecified atom stereocenters. The highest BCUT2D eigenvalue weighted by Crippen LogP contribution is 2.32. The van der Waals surface area contributed by atoms with Gasteiger partial charge in [0.15, 0.2) is 11.5 Å². The molecule has 4 heteroatoms. The second kappa shape index (κ2) is 7.14. The molecule has 0 spiro atoms. The van der Waals surface area contributed by atoms with E-state index < -0.39 is 0 Å². The third-order valence-electron chi connectivity index (χ3n) is 3.49. The smallest absolute Gasteiger partial charge is 0.161 e. The molecule has 0 radical (unpaired) electrons. The van der Waals surface area contributed by atoms with E-state index in [1.54, 1.807) is 0 Å². The van der Waals surface area contributed by atoms with Crippen LogP contribution >= 0.6 is 0 Å². The number of hydrogen-bond donors (Lipinski definition) is 1. The third kappa shape index (κ3) is 5.21. The fourth-order valence-corrected chi connectivity index (χ4v) is 2.10. The van der Waals surface area contributed by atoms with Gasteiger partial charge in [0.2, 0.25) is 0 Å². The van der Waals surface area contributed by atoms with Crippen LogP contribution in [0.1, 0.15) is 45.2 Å². The maximum Gasteiger partial charge on any atom is 0.161 e. The van der Waals surface area contributed by atoms with E-state index in [0.717, 1.165) is 36.5 Å². The Morgan fingerprint density at radius 1 is 1.19 bits per heavy atom. The molecule has 4 nitrogen and oxygen atoms in total. The number of rotatable bonds is 5. The summed E-state index contributed by atoms with van der Waals surface area (Å²) in [6.07, 6.45) is 1.94. The molecule has 1 heterocycles. The Morgan fingerprint density at radius 3 is 2.62 bits per heavy atom. The van der Waals surface area contributed by atoms with Gasteiger partial charge >= 0.3 is 0 Å². The Hall–Kier alpha value is -1.26. The van der Waals surface area contributed by atoms with Crippen molar-refractivity contribution >= 4 is 0 Å². The molecule has 0 aliphatic carbocycles. The summed E-state index contributed by atoms with van der Waals surface area (Å²) in [7, 11) is 0. The highest BCUT2D eigenvalue weighted by molar-refractivity contribution is 5.44. The fraction of sp³-hybridized carbons (Fsp3) is 0.647. The molecule has 0 bridgehead atoms. The lowest BCUT2D eigenvalue weighted by atomic mass is 9.93. The molecule has 0 fully saturated rings. The van der Waals surface area contributed by atoms with E-state index in [1.165, 1.54) is 0 Å². The topological polar surface area (TPSA) is 53.7 Å². The van der Waals surface area contributed by atoms with Crippen molar-refractivity contribution in [2.45, 2.75) is 39.7 Å². The molecule has 0 amide bonds. The molecule has 0 aromatic heterocycles. The summed E-state index contributed by atoms with van der Waals surface area (Å²) in [6.45, 7) is 9.28. The SMILES string of the molecule is CC(C)(C)CCOCC(N)c1ccc2c(c1)OCCCO2. The number of nitrogens with two attached hydrogens (primary N) is 1. The van der Waals surface area contributed by atoms with Gasteiger partial charge in [0.05, 0.1) is 25.9 Å². The zero-order chi connectivity index (χ0) is 15.3. The molecular formula is C17H27NO3. The second-order valence-electron chi connectivity index (χ2n) is 6.75. The van der Waals surface area contributed by atoms with E-state index in [4.69, 9.17) is 19.9 Å². The van der Waals surface area contributed by atoms with E-state index in [1.807, 2.05) is 18.2 Å². The molecule has 2 N–H and O–H groups in total. The molecule has 1 aliphatic rings. The monoisotopic (exact) mass is 293 g/mol. The van der Waals surface area contributed by atoms with Crippen LogP contribution in [0.25, 0.3) is 0 Å². The van der Waals surface area contributed by atoms with Gasteiger partial charge in [-0.1, -0.05) is 26.8 Å². The number of benzene rings is 1. The summed E-state index contributed by atoms with van der Waals surface area (Å²) in [5, 5.41) is 0. The lowest BCUT2D eigenvalue weighted by molar-refractivity contribution is 0.0974. The van der Waals surface area contributed by atoms with Gasteiger partial charge < -0.3 is 19.9 Å². The second-order valence-corrected chi connectivity index (χ2v) is 6.75. The summed E-state index contributed by atoms with van der Waals surface area (Å²) < 4.78 is 17.0. The van der Waals surface area contributed by atoms with Crippen LogP contribution in [0.3, 0.4) is 0 Å². The minimum absolute atomic E-state index is 0.137. The van der Waals surface area contributed by atoms with Crippen molar-refractivity contribution in [2.75, 3.05) is 26.4 Å². The molecule has 0 saturated carbocycles. The quantitative estimate of drug-likeness (QED) is 0.846. The molecule has 2 rings (SSSR count). The van der Waals surface area contributed by atoms with Crippen molar-refractivity contribution in [3.8, 4) is 11.5 Å². The standard InChI is InChI=1S/C17H27NO3/c1-17(2,3)7-10-19-12-14(18)13-5-6-15-16(11-13)21-9-4-8-20-15/h5-6,11,14H,4,7-10,12,18H2,1-3H3. The van der Waals surface area contributed by atoms with Gasteiger partial charge in [-0.15, -0.1) is 0 Å². The first-order chi connectivity index (χ1) is 9.96. The maximum absolute atomic E-state index is 6.20. The van der Waals surface area contributed by atoms with E-state index in [0.29, 0.717) is 25.2 Å². The first-order valence-electron chi connectivity index (χ1n) is 7.68. The normalized spacial score (nSPS) is 16.4. The summed E-state index contributed by atoms with van der Waals surface area (Å²) in [5.41, 5.74) is 7.51. The zero-order valence-electron chi connectivity index (χ0n) is 13.4. The largest absolute Gasteiger partial charge is 0.490 e. The van der Waals surface area contributed by atoms with Gasteiger partial charge in [-0.05, 0) is 29.5 Å². The Morgan fingerprint density at radius 2 is 1.90 bits per heavy atom. The Balaban J connectivity index is 1.87. The average molecular weight is 293 g/mol. The van der Waals surface area contributed by atoms with Crippen LogP contribution in [0.15, 0.2) is 18.2 Å².